The Morgan fingerprint density at radius 1 is 1.28 bits per heavy atom. The number of nitrogens with zero attached hydrogens (tertiary/aromatic N) is 2. The second-order valence-electron chi connectivity index (χ2n) is 4.23. The number of guanidine groups is 1. The van der Waals surface area contributed by atoms with Crippen molar-refractivity contribution in [1.29, 1.82) is 0 Å². The summed E-state index contributed by atoms with van der Waals surface area (Å²) in [6, 6.07) is 8.13. The number of hydrogen-bond acceptors (Lipinski definition) is 2. The Morgan fingerprint density at radius 3 is 2.44 bits per heavy atom. The van der Waals surface area contributed by atoms with Crippen molar-refractivity contribution in [2.24, 2.45) is 4.99 Å². The Hall–Kier alpha value is -1.71. The number of aliphatic imine (C=N–C) groups is 1. The summed E-state index contributed by atoms with van der Waals surface area (Å²) in [6.07, 6.45) is 0.937. The van der Waals surface area contributed by atoms with Gasteiger partial charge in [-0.1, -0.05) is 12.1 Å². The van der Waals surface area contributed by atoms with E-state index in [-0.39, 0.29) is 0 Å². The molecule has 1 aromatic carbocycles. The molecule has 1 N–H and O–H groups in total. The topological polar surface area (TPSA) is 36.9 Å². The van der Waals surface area contributed by atoms with Gasteiger partial charge in [-0.15, -0.1) is 0 Å². The highest BCUT2D eigenvalue weighted by molar-refractivity contribution is 5.79. The van der Waals surface area contributed by atoms with Gasteiger partial charge in [0.2, 0.25) is 0 Å². The van der Waals surface area contributed by atoms with Crippen LogP contribution in [-0.2, 0) is 6.42 Å². The van der Waals surface area contributed by atoms with E-state index < -0.39 is 0 Å². The van der Waals surface area contributed by atoms with Gasteiger partial charge in [0.1, 0.15) is 5.75 Å². The average Bonchev–Trinajstić information content (AvgIpc) is 2.38. The van der Waals surface area contributed by atoms with Gasteiger partial charge in [-0.05, 0) is 31.0 Å². The van der Waals surface area contributed by atoms with Crippen LogP contribution in [0.5, 0.6) is 5.75 Å². The summed E-state index contributed by atoms with van der Waals surface area (Å²) in [5.41, 5.74) is 1.27. The number of rotatable bonds is 5. The first kappa shape index (κ1) is 14.4. The van der Waals surface area contributed by atoms with Gasteiger partial charge in [-0.3, -0.25) is 4.99 Å². The lowest BCUT2D eigenvalue weighted by molar-refractivity contribution is 0.414. The van der Waals surface area contributed by atoms with E-state index in [1.165, 1.54) is 5.56 Å². The maximum absolute atomic E-state index is 5.13. The zero-order chi connectivity index (χ0) is 13.4. The Kier molecular flexibility index (Phi) is 6.05. The van der Waals surface area contributed by atoms with E-state index in [1.807, 2.05) is 31.1 Å². The third kappa shape index (κ3) is 4.65. The fourth-order valence-corrected chi connectivity index (χ4v) is 1.60. The molecule has 0 saturated carbocycles. The lowest BCUT2D eigenvalue weighted by Gasteiger charge is -2.16. The Balaban J connectivity index is 2.50. The summed E-state index contributed by atoms with van der Waals surface area (Å²) in [4.78, 5) is 6.55. The molecule has 0 aromatic heterocycles. The van der Waals surface area contributed by atoms with Crippen molar-refractivity contribution in [1.82, 2.24) is 10.2 Å². The van der Waals surface area contributed by atoms with E-state index in [0.717, 1.165) is 31.2 Å². The lowest BCUT2D eigenvalue weighted by Crippen LogP contribution is -2.36. The van der Waals surface area contributed by atoms with Crippen molar-refractivity contribution >= 4 is 5.96 Å². The van der Waals surface area contributed by atoms with Crippen LogP contribution in [0.2, 0.25) is 0 Å². The number of methoxy groups -OCH3 is 1. The molecule has 0 radical (unpaired) electrons. The summed E-state index contributed by atoms with van der Waals surface area (Å²) in [6.45, 7) is 3.74. The van der Waals surface area contributed by atoms with Crippen LogP contribution in [0.25, 0.3) is 0 Å². The van der Waals surface area contributed by atoms with E-state index >= 15 is 0 Å². The molecule has 0 saturated heterocycles. The molecule has 0 bridgehead atoms. The zero-order valence-corrected chi connectivity index (χ0v) is 11.7. The first-order chi connectivity index (χ1) is 8.67. The van der Waals surface area contributed by atoms with Crippen LogP contribution in [0.1, 0.15) is 12.5 Å². The fraction of sp³-hybridized carbons (Fsp3) is 0.500. The second kappa shape index (κ2) is 7.58. The molecule has 100 valence electrons. The fourth-order valence-electron chi connectivity index (χ4n) is 1.60. The monoisotopic (exact) mass is 249 g/mol. The van der Waals surface area contributed by atoms with Crippen LogP contribution in [0.3, 0.4) is 0 Å². The van der Waals surface area contributed by atoms with Crippen molar-refractivity contribution in [3.8, 4) is 5.75 Å². The standard InChI is InChI=1S/C14H23N3O/c1-5-15-14(17(2)3)16-11-10-12-6-8-13(18-4)9-7-12/h6-9H,5,10-11H2,1-4H3,(H,15,16). The van der Waals surface area contributed by atoms with Crippen molar-refractivity contribution < 1.29 is 4.74 Å². The van der Waals surface area contributed by atoms with Gasteiger partial charge in [0.25, 0.3) is 0 Å². The normalized spacial score (nSPS) is 11.2. The molecule has 0 aliphatic carbocycles. The van der Waals surface area contributed by atoms with E-state index in [0.29, 0.717) is 0 Å². The molecule has 0 fully saturated rings. The first-order valence-electron chi connectivity index (χ1n) is 6.26. The largest absolute Gasteiger partial charge is 0.497 e. The summed E-state index contributed by atoms with van der Waals surface area (Å²) < 4.78 is 5.13. The predicted molar refractivity (Wildman–Crippen MR) is 76.4 cm³/mol. The maximum Gasteiger partial charge on any atom is 0.193 e. The van der Waals surface area contributed by atoms with Crippen LogP contribution < -0.4 is 10.1 Å². The molecule has 0 unspecified atom stereocenters. The molecule has 0 aliphatic heterocycles. The van der Waals surface area contributed by atoms with E-state index in [1.54, 1.807) is 7.11 Å². The Labute approximate surface area is 110 Å². The smallest absolute Gasteiger partial charge is 0.193 e. The number of benzene rings is 1. The lowest BCUT2D eigenvalue weighted by atomic mass is 10.1. The van der Waals surface area contributed by atoms with Crippen LogP contribution in [0.15, 0.2) is 29.3 Å². The van der Waals surface area contributed by atoms with Gasteiger partial charge in [-0.2, -0.15) is 0 Å². The average molecular weight is 249 g/mol. The minimum atomic E-state index is 0.785. The third-order valence-electron chi connectivity index (χ3n) is 2.58. The molecule has 0 spiro atoms. The number of ether oxygens (including phenoxy) is 1. The second-order valence-corrected chi connectivity index (χ2v) is 4.23. The van der Waals surface area contributed by atoms with Gasteiger partial charge in [0, 0.05) is 27.2 Å². The molecule has 0 aliphatic rings. The molecule has 1 rings (SSSR count). The van der Waals surface area contributed by atoms with Gasteiger partial charge >= 0.3 is 0 Å². The Morgan fingerprint density at radius 2 is 1.94 bits per heavy atom. The van der Waals surface area contributed by atoms with Gasteiger partial charge in [0.15, 0.2) is 5.96 Å². The first-order valence-corrected chi connectivity index (χ1v) is 6.26. The predicted octanol–water partition coefficient (Wildman–Crippen LogP) is 1.76. The van der Waals surface area contributed by atoms with Crippen LogP contribution >= 0.6 is 0 Å². The molecule has 0 atom stereocenters. The summed E-state index contributed by atoms with van der Waals surface area (Å²) in [7, 11) is 5.67. The molecule has 18 heavy (non-hydrogen) atoms. The minimum Gasteiger partial charge on any atom is -0.497 e. The zero-order valence-electron chi connectivity index (χ0n) is 11.7. The highest BCUT2D eigenvalue weighted by atomic mass is 16.5. The molecule has 1 aromatic rings. The van der Waals surface area contributed by atoms with Gasteiger partial charge < -0.3 is 15.0 Å². The third-order valence-corrected chi connectivity index (χ3v) is 2.58. The summed E-state index contributed by atoms with van der Waals surface area (Å²) >= 11 is 0. The van der Waals surface area contributed by atoms with Gasteiger partial charge in [0.05, 0.1) is 7.11 Å². The maximum atomic E-state index is 5.13. The van der Waals surface area contributed by atoms with Crippen molar-refractivity contribution in [3.63, 3.8) is 0 Å². The SMILES string of the molecule is CCNC(=NCCc1ccc(OC)cc1)N(C)C. The quantitative estimate of drug-likeness (QED) is 0.638. The molecule has 4 nitrogen and oxygen atoms in total. The van der Waals surface area contributed by atoms with Gasteiger partial charge in [-0.25, -0.2) is 0 Å². The van der Waals surface area contributed by atoms with Crippen LogP contribution in [0.4, 0.5) is 0 Å². The Bertz CT molecular complexity index is 371. The minimum absolute atomic E-state index is 0.785. The van der Waals surface area contributed by atoms with Crippen LogP contribution in [0, 0.1) is 0 Å². The highest BCUT2D eigenvalue weighted by Gasteiger charge is 1.99. The van der Waals surface area contributed by atoms with Crippen molar-refractivity contribution in [2.75, 3.05) is 34.3 Å². The van der Waals surface area contributed by atoms with Crippen molar-refractivity contribution in [3.05, 3.63) is 29.8 Å². The molecule has 0 amide bonds. The molecule has 4 heteroatoms. The van der Waals surface area contributed by atoms with Crippen LogP contribution in [-0.4, -0.2) is 45.2 Å². The van der Waals surface area contributed by atoms with E-state index in [2.05, 4.69) is 29.4 Å². The number of hydrogen-bond donors (Lipinski definition) is 1. The molecular formula is C14H23N3O. The van der Waals surface area contributed by atoms with E-state index in [9.17, 15) is 0 Å². The number of nitrogens with one attached hydrogen (secondary N) is 1. The molecule has 0 heterocycles. The van der Waals surface area contributed by atoms with Crippen molar-refractivity contribution in [2.45, 2.75) is 13.3 Å². The molecular weight excluding hydrogens is 226 g/mol. The van der Waals surface area contributed by atoms with E-state index in [4.69, 9.17) is 4.74 Å². The highest BCUT2D eigenvalue weighted by Crippen LogP contribution is 2.11. The summed E-state index contributed by atoms with van der Waals surface area (Å²) in [5, 5.41) is 3.24. The summed E-state index contributed by atoms with van der Waals surface area (Å²) in [5.74, 6) is 1.83.